The highest BCUT2D eigenvalue weighted by Crippen LogP contribution is 1.97. The fraction of sp³-hybridized carbons (Fsp3) is 0.182. The quantitative estimate of drug-likeness (QED) is 0.567. The van der Waals surface area contributed by atoms with Crippen molar-refractivity contribution in [1.29, 1.82) is 0 Å². The van der Waals surface area contributed by atoms with Crippen molar-refractivity contribution in [2.75, 3.05) is 13.2 Å². The van der Waals surface area contributed by atoms with E-state index in [4.69, 9.17) is 0 Å². The van der Waals surface area contributed by atoms with E-state index < -0.39 is 5.97 Å². The Hall–Kier alpha value is -2.17. The van der Waals surface area contributed by atoms with Crippen molar-refractivity contribution in [2.45, 2.75) is 0 Å². The van der Waals surface area contributed by atoms with Gasteiger partial charge in [0.05, 0.1) is 0 Å². The molecule has 1 amide bonds. The molecule has 0 radical (unpaired) electrons. The summed E-state index contributed by atoms with van der Waals surface area (Å²) in [7, 11) is 0. The fourth-order valence-electron chi connectivity index (χ4n) is 1.02. The molecule has 5 nitrogen and oxygen atoms in total. The minimum Gasteiger partial charge on any atom is -0.457 e. The molecule has 0 unspecified atom stereocenters. The lowest BCUT2D eigenvalue weighted by atomic mass is 10.2. The third-order valence-corrected chi connectivity index (χ3v) is 1.74. The molecule has 1 N–H and O–H groups in total. The summed E-state index contributed by atoms with van der Waals surface area (Å²) in [5.74, 6) is -1.000. The standard InChI is InChI=1S/C11H11NO4/c13-6-7-16-10(14)8-12-11(15)9-4-2-1-3-5-9/h1-6H,7-8H2,(H,12,15). The molecule has 0 saturated carbocycles. The van der Waals surface area contributed by atoms with E-state index in [2.05, 4.69) is 10.1 Å². The first-order valence-electron chi connectivity index (χ1n) is 4.66. The van der Waals surface area contributed by atoms with Gasteiger partial charge in [0.25, 0.3) is 5.91 Å². The number of nitrogens with one attached hydrogen (secondary N) is 1. The van der Waals surface area contributed by atoms with Crippen molar-refractivity contribution in [3.63, 3.8) is 0 Å². The lowest BCUT2D eigenvalue weighted by molar-refractivity contribution is -0.144. The highest BCUT2D eigenvalue weighted by atomic mass is 16.5. The maximum absolute atomic E-state index is 11.4. The van der Waals surface area contributed by atoms with E-state index in [1.807, 2.05) is 0 Å². The number of aldehydes is 1. The van der Waals surface area contributed by atoms with Crippen LogP contribution in [-0.2, 0) is 14.3 Å². The van der Waals surface area contributed by atoms with Crippen LogP contribution in [0.1, 0.15) is 10.4 Å². The number of hydrogen-bond acceptors (Lipinski definition) is 4. The van der Waals surface area contributed by atoms with Gasteiger partial charge < -0.3 is 10.1 Å². The van der Waals surface area contributed by atoms with E-state index in [1.54, 1.807) is 30.3 Å². The van der Waals surface area contributed by atoms with Gasteiger partial charge in [-0.1, -0.05) is 18.2 Å². The normalized spacial score (nSPS) is 9.25. The Morgan fingerprint density at radius 2 is 1.94 bits per heavy atom. The zero-order valence-corrected chi connectivity index (χ0v) is 8.51. The zero-order valence-electron chi connectivity index (χ0n) is 8.51. The van der Waals surface area contributed by atoms with Crippen molar-refractivity contribution in [2.24, 2.45) is 0 Å². The van der Waals surface area contributed by atoms with E-state index in [1.165, 1.54) is 0 Å². The summed E-state index contributed by atoms with van der Waals surface area (Å²) in [5.41, 5.74) is 0.464. The number of ether oxygens (including phenoxy) is 1. The Kier molecular flexibility index (Phi) is 4.72. The van der Waals surface area contributed by atoms with Gasteiger partial charge >= 0.3 is 5.97 Å². The molecule has 1 aromatic carbocycles. The van der Waals surface area contributed by atoms with Gasteiger partial charge in [0.2, 0.25) is 0 Å². The van der Waals surface area contributed by atoms with Crippen LogP contribution in [0.5, 0.6) is 0 Å². The first-order chi connectivity index (χ1) is 7.74. The second-order valence-corrected chi connectivity index (χ2v) is 2.90. The summed E-state index contributed by atoms with van der Waals surface area (Å²) in [6, 6.07) is 8.49. The van der Waals surface area contributed by atoms with Crippen molar-refractivity contribution < 1.29 is 19.1 Å². The van der Waals surface area contributed by atoms with Gasteiger partial charge in [-0.15, -0.1) is 0 Å². The zero-order chi connectivity index (χ0) is 11.8. The minimum atomic E-state index is -0.642. The SMILES string of the molecule is O=CCOC(=O)CNC(=O)c1ccccc1. The number of rotatable bonds is 5. The molecule has 1 aromatic rings. The molecule has 0 saturated heterocycles. The van der Waals surface area contributed by atoms with Gasteiger partial charge in [-0.3, -0.25) is 14.4 Å². The third kappa shape index (κ3) is 3.91. The molecule has 0 spiro atoms. The topological polar surface area (TPSA) is 72.5 Å². The Balaban J connectivity index is 2.36. The average Bonchev–Trinajstić information content (AvgIpc) is 2.34. The number of amides is 1. The molecule has 0 aliphatic carbocycles. The first kappa shape index (κ1) is 11.9. The molecule has 0 bridgehead atoms. The van der Waals surface area contributed by atoms with Crippen LogP contribution in [0.4, 0.5) is 0 Å². The second-order valence-electron chi connectivity index (χ2n) is 2.90. The molecule has 0 fully saturated rings. The molecule has 5 heteroatoms. The number of carbonyl (C=O) groups excluding carboxylic acids is 3. The maximum atomic E-state index is 11.4. The molecule has 84 valence electrons. The van der Waals surface area contributed by atoms with Crippen LogP contribution in [0.15, 0.2) is 30.3 Å². The van der Waals surface area contributed by atoms with Crippen LogP contribution < -0.4 is 5.32 Å². The van der Waals surface area contributed by atoms with Crippen LogP contribution in [-0.4, -0.2) is 31.3 Å². The first-order valence-corrected chi connectivity index (χ1v) is 4.66. The van der Waals surface area contributed by atoms with Crippen LogP contribution >= 0.6 is 0 Å². The summed E-state index contributed by atoms with van der Waals surface area (Å²) in [4.78, 5) is 32.3. The predicted molar refractivity (Wildman–Crippen MR) is 55.8 cm³/mol. The smallest absolute Gasteiger partial charge is 0.325 e. The minimum absolute atomic E-state index is 0.248. The van der Waals surface area contributed by atoms with Gasteiger partial charge in [-0.25, -0.2) is 0 Å². The molecular weight excluding hydrogens is 210 g/mol. The van der Waals surface area contributed by atoms with Gasteiger partial charge in [-0.05, 0) is 12.1 Å². The molecule has 0 atom stereocenters. The average molecular weight is 221 g/mol. The van der Waals surface area contributed by atoms with Crippen LogP contribution in [0.25, 0.3) is 0 Å². The molecule has 0 heterocycles. The summed E-state index contributed by atoms with van der Waals surface area (Å²) in [5, 5.41) is 2.38. The largest absolute Gasteiger partial charge is 0.457 e. The summed E-state index contributed by atoms with van der Waals surface area (Å²) >= 11 is 0. The number of carbonyl (C=O) groups is 3. The fourth-order valence-corrected chi connectivity index (χ4v) is 1.02. The monoisotopic (exact) mass is 221 g/mol. The molecule has 0 aromatic heterocycles. The Morgan fingerprint density at radius 3 is 2.56 bits per heavy atom. The summed E-state index contributed by atoms with van der Waals surface area (Å²) in [6.45, 7) is -0.540. The highest BCUT2D eigenvalue weighted by Gasteiger charge is 2.07. The van der Waals surface area contributed by atoms with Crippen LogP contribution in [0, 0.1) is 0 Å². The molecule has 16 heavy (non-hydrogen) atoms. The lowest BCUT2D eigenvalue weighted by Gasteiger charge is -2.04. The Morgan fingerprint density at radius 1 is 1.25 bits per heavy atom. The van der Waals surface area contributed by atoms with E-state index in [0.717, 1.165) is 0 Å². The third-order valence-electron chi connectivity index (χ3n) is 1.74. The molecule has 0 aliphatic heterocycles. The van der Waals surface area contributed by atoms with Crippen LogP contribution in [0.2, 0.25) is 0 Å². The van der Waals surface area contributed by atoms with E-state index in [9.17, 15) is 14.4 Å². The van der Waals surface area contributed by atoms with E-state index in [0.29, 0.717) is 11.8 Å². The number of benzene rings is 1. The van der Waals surface area contributed by atoms with Crippen molar-refractivity contribution in [3.8, 4) is 0 Å². The Labute approximate surface area is 92.4 Å². The molecule has 1 rings (SSSR count). The van der Waals surface area contributed by atoms with Crippen molar-refractivity contribution in [3.05, 3.63) is 35.9 Å². The van der Waals surface area contributed by atoms with Gasteiger partial charge in [0, 0.05) is 5.56 Å². The summed E-state index contributed by atoms with van der Waals surface area (Å²) in [6.07, 6.45) is 0.469. The lowest BCUT2D eigenvalue weighted by Crippen LogP contribution is -2.30. The van der Waals surface area contributed by atoms with Crippen molar-refractivity contribution >= 4 is 18.2 Å². The second kappa shape index (κ2) is 6.34. The highest BCUT2D eigenvalue weighted by molar-refractivity contribution is 5.95. The van der Waals surface area contributed by atoms with Gasteiger partial charge in [0.1, 0.15) is 13.2 Å². The predicted octanol–water partition coefficient (Wildman–Crippen LogP) is 0.158. The Bertz CT molecular complexity index is 375. The maximum Gasteiger partial charge on any atom is 0.325 e. The van der Waals surface area contributed by atoms with Gasteiger partial charge in [-0.2, -0.15) is 0 Å². The summed E-state index contributed by atoms with van der Waals surface area (Å²) < 4.78 is 4.46. The van der Waals surface area contributed by atoms with Crippen LogP contribution in [0.3, 0.4) is 0 Å². The van der Waals surface area contributed by atoms with Crippen molar-refractivity contribution in [1.82, 2.24) is 5.32 Å². The molecule has 0 aliphatic rings. The van der Waals surface area contributed by atoms with E-state index in [-0.39, 0.29) is 19.1 Å². The number of hydrogen-bond donors (Lipinski definition) is 1. The number of esters is 1. The molecular formula is C11H11NO4. The van der Waals surface area contributed by atoms with Gasteiger partial charge in [0.15, 0.2) is 6.29 Å². The van der Waals surface area contributed by atoms with E-state index >= 15 is 0 Å².